The van der Waals surface area contributed by atoms with Gasteiger partial charge in [0.05, 0.1) is 6.54 Å². The maximum absolute atomic E-state index is 10.8. The molecule has 1 aromatic rings. The molecule has 0 saturated carbocycles. The average molecular weight is 178 g/mol. The van der Waals surface area contributed by atoms with Crippen LogP contribution in [0.4, 0.5) is 0 Å². The van der Waals surface area contributed by atoms with E-state index in [1.54, 1.807) is 0 Å². The first kappa shape index (κ1) is 9.74. The lowest BCUT2D eigenvalue weighted by Crippen LogP contribution is -2.29. The molecule has 0 bridgehead atoms. The van der Waals surface area contributed by atoms with E-state index in [4.69, 9.17) is 5.73 Å². The summed E-state index contributed by atoms with van der Waals surface area (Å²) in [6.45, 7) is 2.63. The molecule has 0 unspecified atom stereocenters. The van der Waals surface area contributed by atoms with Crippen LogP contribution in [0.15, 0.2) is 24.3 Å². The van der Waals surface area contributed by atoms with Gasteiger partial charge in [0, 0.05) is 6.54 Å². The molecule has 0 fully saturated rings. The van der Waals surface area contributed by atoms with Gasteiger partial charge in [-0.2, -0.15) is 0 Å². The third-order valence-corrected chi connectivity index (χ3v) is 1.80. The molecule has 0 heterocycles. The number of carbonyl (C=O) groups excluding carboxylic acids is 1. The number of hydrogen-bond donors (Lipinski definition) is 2. The summed E-state index contributed by atoms with van der Waals surface area (Å²) in [5.41, 5.74) is 7.46. The molecule has 0 atom stereocenters. The van der Waals surface area contributed by atoms with Gasteiger partial charge in [0.25, 0.3) is 0 Å². The first-order valence-electron chi connectivity index (χ1n) is 4.24. The first-order valence-corrected chi connectivity index (χ1v) is 4.24. The smallest absolute Gasteiger partial charge is 0.234 e. The highest BCUT2D eigenvalue weighted by Crippen LogP contribution is 2.01. The fourth-order valence-electron chi connectivity index (χ4n) is 0.979. The van der Waals surface area contributed by atoms with E-state index in [9.17, 15) is 4.79 Å². The van der Waals surface area contributed by atoms with Crippen molar-refractivity contribution in [3.63, 3.8) is 0 Å². The molecule has 0 aliphatic carbocycles. The molecule has 0 spiro atoms. The van der Waals surface area contributed by atoms with E-state index >= 15 is 0 Å². The highest BCUT2D eigenvalue weighted by Gasteiger charge is 1.96. The number of rotatable bonds is 3. The van der Waals surface area contributed by atoms with E-state index in [0.29, 0.717) is 6.54 Å². The van der Waals surface area contributed by atoms with Crippen LogP contribution in [-0.2, 0) is 11.3 Å². The van der Waals surface area contributed by atoms with E-state index in [1.165, 1.54) is 5.56 Å². The van der Waals surface area contributed by atoms with Crippen LogP contribution in [0, 0.1) is 6.92 Å². The number of benzene rings is 1. The molecular weight excluding hydrogens is 164 g/mol. The highest BCUT2D eigenvalue weighted by molar-refractivity contribution is 5.77. The van der Waals surface area contributed by atoms with E-state index in [0.717, 1.165) is 5.56 Å². The van der Waals surface area contributed by atoms with Crippen molar-refractivity contribution >= 4 is 5.91 Å². The summed E-state index contributed by atoms with van der Waals surface area (Å²) in [6, 6.07) is 8.02. The minimum atomic E-state index is -0.124. The van der Waals surface area contributed by atoms with Gasteiger partial charge in [-0.05, 0) is 12.5 Å². The SMILES string of the molecule is Cc1ccc(CNC(=O)CN)cc1. The van der Waals surface area contributed by atoms with Crippen LogP contribution in [0.2, 0.25) is 0 Å². The average Bonchev–Trinajstić information content (AvgIpc) is 2.16. The van der Waals surface area contributed by atoms with Gasteiger partial charge in [0.15, 0.2) is 0 Å². The highest BCUT2D eigenvalue weighted by atomic mass is 16.1. The largest absolute Gasteiger partial charge is 0.351 e. The molecule has 0 radical (unpaired) electrons. The monoisotopic (exact) mass is 178 g/mol. The number of carbonyl (C=O) groups is 1. The number of aryl methyl sites for hydroxylation is 1. The third-order valence-electron chi connectivity index (χ3n) is 1.80. The number of nitrogens with one attached hydrogen (secondary N) is 1. The molecule has 3 heteroatoms. The Morgan fingerprint density at radius 1 is 1.38 bits per heavy atom. The Morgan fingerprint density at radius 2 is 2.00 bits per heavy atom. The molecule has 1 amide bonds. The Labute approximate surface area is 77.9 Å². The summed E-state index contributed by atoms with van der Waals surface area (Å²) in [7, 11) is 0. The van der Waals surface area contributed by atoms with Gasteiger partial charge in [0.1, 0.15) is 0 Å². The minimum absolute atomic E-state index is 0.0475. The topological polar surface area (TPSA) is 55.1 Å². The van der Waals surface area contributed by atoms with E-state index in [-0.39, 0.29) is 12.5 Å². The Kier molecular flexibility index (Phi) is 3.46. The lowest BCUT2D eigenvalue weighted by atomic mass is 10.1. The van der Waals surface area contributed by atoms with Crippen molar-refractivity contribution in [2.75, 3.05) is 6.54 Å². The lowest BCUT2D eigenvalue weighted by Gasteiger charge is -2.03. The molecule has 13 heavy (non-hydrogen) atoms. The van der Waals surface area contributed by atoms with Gasteiger partial charge in [-0.3, -0.25) is 4.79 Å². The van der Waals surface area contributed by atoms with E-state index in [2.05, 4.69) is 5.32 Å². The number of amides is 1. The van der Waals surface area contributed by atoms with Gasteiger partial charge in [0.2, 0.25) is 5.91 Å². The van der Waals surface area contributed by atoms with Crippen LogP contribution in [0.1, 0.15) is 11.1 Å². The molecule has 0 aliphatic rings. The predicted molar refractivity (Wildman–Crippen MR) is 52.1 cm³/mol. The zero-order valence-electron chi connectivity index (χ0n) is 7.71. The van der Waals surface area contributed by atoms with Gasteiger partial charge < -0.3 is 11.1 Å². The quantitative estimate of drug-likeness (QED) is 0.711. The van der Waals surface area contributed by atoms with Crippen LogP contribution in [0.3, 0.4) is 0 Å². The summed E-state index contributed by atoms with van der Waals surface area (Å²) in [4.78, 5) is 10.8. The van der Waals surface area contributed by atoms with E-state index < -0.39 is 0 Å². The summed E-state index contributed by atoms with van der Waals surface area (Å²) in [5.74, 6) is -0.124. The van der Waals surface area contributed by atoms with Crippen molar-refractivity contribution < 1.29 is 4.79 Å². The minimum Gasteiger partial charge on any atom is -0.351 e. The van der Waals surface area contributed by atoms with Crippen molar-refractivity contribution in [2.45, 2.75) is 13.5 Å². The van der Waals surface area contributed by atoms with Gasteiger partial charge >= 0.3 is 0 Å². The zero-order chi connectivity index (χ0) is 9.68. The molecule has 0 aliphatic heterocycles. The van der Waals surface area contributed by atoms with Crippen LogP contribution >= 0.6 is 0 Å². The van der Waals surface area contributed by atoms with Crippen LogP contribution in [0.25, 0.3) is 0 Å². The van der Waals surface area contributed by atoms with Crippen molar-refractivity contribution in [2.24, 2.45) is 5.73 Å². The molecule has 0 saturated heterocycles. The summed E-state index contributed by atoms with van der Waals surface area (Å²) < 4.78 is 0. The molecule has 1 rings (SSSR count). The second-order valence-corrected chi connectivity index (χ2v) is 2.97. The van der Waals surface area contributed by atoms with Gasteiger partial charge in [-0.25, -0.2) is 0 Å². The van der Waals surface area contributed by atoms with Crippen molar-refractivity contribution in [3.05, 3.63) is 35.4 Å². The Balaban J connectivity index is 2.46. The van der Waals surface area contributed by atoms with Crippen LogP contribution in [-0.4, -0.2) is 12.5 Å². The predicted octanol–water partition coefficient (Wildman–Crippen LogP) is 0.570. The van der Waals surface area contributed by atoms with Crippen molar-refractivity contribution in [3.8, 4) is 0 Å². The zero-order valence-corrected chi connectivity index (χ0v) is 7.71. The fourth-order valence-corrected chi connectivity index (χ4v) is 0.979. The molecular formula is C10H14N2O. The maximum atomic E-state index is 10.8. The summed E-state index contributed by atoms with van der Waals surface area (Å²) in [6.07, 6.45) is 0. The molecule has 70 valence electrons. The fraction of sp³-hybridized carbons (Fsp3) is 0.300. The second-order valence-electron chi connectivity index (χ2n) is 2.97. The number of hydrogen-bond acceptors (Lipinski definition) is 2. The van der Waals surface area contributed by atoms with Crippen molar-refractivity contribution in [1.82, 2.24) is 5.32 Å². The standard InChI is InChI=1S/C10H14N2O/c1-8-2-4-9(5-3-8)7-12-10(13)6-11/h2-5H,6-7,11H2,1H3,(H,12,13). The maximum Gasteiger partial charge on any atom is 0.234 e. The van der Waals surface area contributed by atoms with Crippen LogP contribution in [0.5, 0.6) is 0 Å². The molecule has 1 aromatic carbocycles. The lowest BCUT2D eigenvalue weighted by molar-refractivity contribution is -0.119. The molecule has 3 nitrogen and oxygen atoms in total. The van der Waals surface area contributed by atoms with Crippen LogP contribution < -0.4 is 11.1 Å². The molecule has 0 aromatic heterocycles. The number of nitrogens with two attached hydrogens (primary N) is 1. The normalized spacial score (nSPS) is 9.69. The summed E-state index contributed by atoms with van der Waals surface area (Å²) >= 11 is 0. The first-order chi connectivity index (χ1) is 6.22. The van der Waals surface area contributed by atoms with Crippen molar-refractivity contribution in [1.29, 1.82) is 0 Å². The second kappa shape index (κ2) is 4.62. The van der Waals surface area contributed by atoms with Gasteiger partial charge in [-0.15, -0.1) is 0 Å². The van der Waals surface area contributed by atoms with E-state index in [1.807, 2.05) is 31.2 Å². The van der Waals surface area contributed by atoms with Gasteiger partial charge in [-0.1, -0.05) is 29.8 Å². The summed E-state index contributed by atoms with van der Waals surface area (Å²) in [5, 5.41) is 2.70. The molecule has 3 N–H and O–H groups in total. The Bertz CT molecular complexity index is 279. The third kappa shape index (κ3) is 3.25. The Morgan fingerprint density at radius 3 is 2.54 bits per heavy atom. The Hall–Kier alpha value is -1.35.